The van der Waals surface area contributed by atoms with E-state index in [1.165, 1.54) is 22.0 Å². The molecule has 0 aliphatic carbocycles. The molecule has 0 saturated heterocycles. The Labute approximate surface area is 176 Å². The molecule has 1 aliphatic rings. The number of carbonyl (C=O) groups excluding carboxylic acids is 1. The average Bonchev–Trinajstić information content (AvgIpc) is 3.03. The molecule has 0 N–H and O–H groups in total. The van der Waals surface area contributed by atoms with E-state index >= 15 is 0 Å². The second kappa shape index (κ2) is 8.20. The van der Waals surface area contributed by atoms with Gasteiger partial charge in [-0.15, -0.1) is 0 Å². The molecule has 3 aromatic rings. The van der Waals surface area contributed by atoms with Gasteiger partial charge in [0.25, 0.3) is 5.56 Å². The first kappa shape index (κ1) is 20.0. The maximum absolute atomic E-state index is 14.8. The lowest BCUT2D eigenvalue weighted by Gasteiger charge is -2.24. The van der Waals surface area contributed by atoms with E-state index < -0.39 is 17.8 Å². The maximum atomic E-state index is 14.8. The van der Waals surface area contributed by atoms with Crippen molar-refractivity contribution in [3.8, 4) is 0 Å². The molecule has 2 aromatic carbocycles. The Hall–Kier alpha value is -3.32. The van der Waals surface area contributed by atoms with E-state index in [0.29, 0.717) is 15.0 Å². The SMILES string of the molecule is CCOC(=O)C1=C(C)N=c2s/c(=C/c3ccccc3)c(=O)n2[C@H]1c1ccccc1F. The third-order valence-electron chi connectivity index (χ3n) is 4.81. The van der Waals surface area contributed by atoms with Gasteiger partial charge in [-0.05, 0) is 31.6 Å². The number of ether oxygens (including phenoxy) is 1. The van der Waals surface area contributed by atoms with Gasteiger partial charge in [-0.25, -0.2) is 14.2 Å². The summed E-state index contributed by atoms with van der Waals surface area (Å²) in [5.74, 6) is -1.11. The fraction of sp³-hybridized carbons (Fsp3) is 0.174. The van der Waals surface area contributed by atoms with E-state index in [9.17, 15) is 14.0 Å². The van der Waals surface area contributed by atoms with Gasteiger partial charge in [0.15, 0.2) is 4.80 Å². The summed E-state index contributed by atoms with van der Waals surface area (Å²) in [6, 6.07) is 14.6. The molecule has 5 nitrogen and oxygen atoms in total. The largest absolute Gasteiger partial charge is 0.463 e. The van der Waals surface area contributed by atoms with Crippen molar-refractivity contribution in [2.24, 2.45) is 4.99 Å². The predicted molar refractivity (Wildman–Crippen MR) is 113 cm³/mol. The molecule has 0 bridgehead atoms. The van der Waals surface area contributed by atoms with Crippen LogP contribution in [0.4, 0.5) is 4.39 Å². The van der Waals surface area contributed by atoms with Crippen LogP contribution in [0.1, 0.15) is 31.0 Å². The highest BCUT2D eigenvalue weighted by Gasteiger charge is 2.34. The van der Waals surface area contributed by atoms with Crippen molar-refractivity contribution in [3.05, 3.63) is 102 Å². The molecule has 0 amide bonds. The molecule has 4 rings (SSSR count). The van der Waals surface area contributed by atoms with Crippen LogP contribution in [0.5, 0.6) is 0 Å². The van der Waals surface area contributed by atoms with Crippen molar-refractivity contribution < 1.29 is 13.9 Å². The van der Waals surface area contributed by atoms with Gasteiger partial charge >= 0.3 is 5.97 Å². The van der Waals surface area contributed by atoms with Gasteiger partial charge in [-0.2, -0.15) is 0 Å². The van der Waals surface area contributed by atoms with Crippen LogP contribution in [0.15, 0.2) is 75.7 Å². The van der Waals surface area contributed by atoms with Crippen LogP contribution in [0.3, 0.4) is 0 Å². The summed E-state index contributed by atoms with van der Waals surface area (Å²) in [7, 11) is 0. The number of aromatic nitrogens is 1. The van der Waals surface area contributed by atoms with Crippen LogP contribution in [0, 0.1) is 5.82 Å². The molecule has 0 unspecified atom stereocenters. The zero-order valence-corrected chi connectivity index (χ0v) is 17.3. The molecular weight excluding hydrogens is 403 g/mol. The molecule has 2 heterocycles. The molecule has 1 aliphatic heterocycles. The van der Waals surface area contributed by atoms with Gasteiger partial charge in [-0.1, -0.05) is 59.9 Å². The summed E-state index contributed by atoms with van der Waals surface area (Å²) < 4.78 is 21.8. The molecule has 0 saturated carbocycles. The first-order valence-electron chi connectivity index (χ1n) is 9.50. The zero-order valence-electron chi connectivity index (χ0n) is 16.5. The van der Waals surface area contributed by atoms with E-state index in [0.717, 1.165) is 5.56 Å². The fourth-order valence-corrected chi connectivity index (χ4v) is 4.53. The number of benzene rings is 2. The van der Waals surface area contributed by atoms with E-state index in [4.69, 9.17) is 4.74 Å². The van der Waals surface area contributed by atoms with E-state index in [1.807, 2.05) is 30.3 Å². The summed E-state index contributed by atoms with van der Waals surface area (Å²) in [5, 5.41) is 0. The fourth-order valence-electron chi connectivity index (χ4n) is 3.48. The van der Waals surface area contributed by atoms with Crippen molar-refractivity contribution in [2.45, 2.75) is 19.9 Å². The zero-order chi connectivity index (χ0) is 21.3. The Morgan fingerprint density at radius 2 is 1.90 bits per heavy atom. The molecule has 7 heteroatoms. The summed E-state index contributed by atoms with van der Waals surface area (Å²) in [4.78, 5) is 31.0. The second-order valence-electron chi connectivity index (χ2n) is 6.73. The van der Waals surface area contributed by atoms with Crippen LogP contribution in [-0.4, -0.2) is 17.1 Å². The molecule has 1 aromatic heterocycles. The number of rotatable bonds is 4. The van der Waals surface area contributed by atoms with Gasteiger partial charge in [0, 0.05) is 5.56 Å². The van der Waals surface area contributed by atoms with Crippen LogP contribution >= 0.6 is 11.3 Å². The lowest BCUT2D eigenvalue weighted by molar-refractivity contribution is -0.139. The van der Waals surface area contributed by atoms with Gasteiger partial charge in [0.1, 0.15) is 11.9 Å². The van der Waals surface area contributed by atoms with Crippen LogP contribution in [-0.2, 0) is 9.53 Å². The number of carbonyl (C=O) groups is 1. The van der Waals surface area contributed by atoms with E-state index in [-0.39, 0.29) is 23.3 Å². The standard InChI is InChI=1S/C23H19FN2O3S/c1-3-29-22(28)19-14(2)25-23-26(20(19)16-11-7-8-12-17(16)24)21(27)18(30-23)13-15-9-5-4-6-10-15/h4-13,20H,3H2,1-2H3/b18-13+/t20-/m0/s1. The average molecular weight is 422 g/mol. The van der Waals surface area contributed by atoms with Crippen LogP contribution < -0.4 is 14.9 Å². The Kier molecular flexibility index (Phi) is 5.46. The van der Waals surface area contributed by atoms with Crippen molar-refractivity contribution in [2.75, 3.05) is 6.61 Å². The van der Waals surface area contributed by atoms with Gasteiger partial charge in [0.2, 0.25) is 0 Å². The molecule has 0 spiro atoms. The van der Waals surface area contributed by atoms with E-state index in [1.54, 1.807) is 38.1 Å². The Morgan fingerprint density at radius 1 is 1.20 bits per heavy atom. The normalized spacial score (nSPS) is 16.2. The highest BCUT2D eigenvalue weighted by Crippen LogP contribution is 2.32. The number of halogens is 1. The quantitative estimate of drug-likeness (QED) is 0.608. The van der Waals surface area contributed by atoms with Gasteiger partial charge < -0.3 is 4.74 Å². The number of allylic oxidation sites excluding steroid dienone is 1. The Bertz CT molecular complexity index is 1320. The van der Waals surface area contributed by atoms with Crippen molar-refractivity contribution in [3.63, 3.8) is 0 Å². The summed E-state index contributed by atoms with van der Waals surface area (Å²) in [6.45, 7) is 3.54. The molecule has 1 atom stereocenters. The smallest absolute Gasteiger partial charge is 0.338 e. The topological polar surface area (TPSA) is 60.7 Å². The molecule has 0 radical (unpaired) electrons. The number of hydrogen-bond donors (Lipinski definition) is 0. The van der Waals surface area contributed by atoms with Crippen LogP contribution in [0.25, 0.3) is 6.08 Å². The molecule has 152 valence electrons. The number of esters is 1. The number of hydrogen-bond acceptors (Lipinski definition) is 5. The molecular formula is C23H19FN2O3S. The van der Waals surface area contributed by atoms with Gasteiger partial charge in [-0.3, -0.25) is 9.36 Å². The van der Waals surface area contributed by atoms with Crippen molar-refractivity contribution in [1.29, 1.82) is 0 Å². The third kappa shape index (κ3) is 3.52. The minimum absolute atomic E-state index is 0.165. The molecule has 0 fully saturated rings. The summed E-state index contributed by atoms with van der Waals surface area (Å²) >= 11 is 1.21. The number of fused-ring (bicyclic) bond motifs is 1. The minimum Gasteiger partial charge on any atom is -0.463 e. The minimum atomic E-state index is -0.945. The second-order valence-corrected chi connectivity index (χ2v) is 7.74. The first-order valence-corrected chi connectivity index (χ1v) is 10.3. The Balaban J connectivity index is 1.99. The predicted octanol–water partition coefficient (Wildman–Crippen LogP) is 2.94. The van der Waals surface area contributed by atoms with E-state index in [2.05, 4.69) is 4.99 Å². The lowest BCUT2D eigenvalue weighted by atomic mass is 9.95. The monoisotopic (exact) mass is 422 g/mol. The summed E-state index contributed by atoms with van der Waals surface area (Å²) in [6.07, 6.45) is 1.77. The lowest BCUT2D eigenvalue weighted by Crippen LogP contribution is -2.40. The van der Waals surface area contributed by atoms with Crippen molar-refractivity contribution >= 4 is 23.4 Å². The van der Waals surface area contributed by atoms with Gasteiger partial charge in [0.05, 0.1) is 22.4 Å². The highest BCUT2D eigenvalue weighted by atomic mass is 32.1. The number of thiazole rings is 1. The highest BCUT2D eigenvalue weighted by molar-refractivity contribution is 7.07. The first-order chi connectivity index (χ1) is 14.5. The van der Waals surface area contributed by atoms with Crippen LogP contribution in [0.2, 0.25) is 0 Å². The number of nitrogens with zero attached hydrogens (tertiary/aromatic N) is 2. The summed E-state index contributed by atoms with van der Waals surface area (Å²) in [5.41, 5.74) is 1.34. The maximum Gasteiger partial charge on any atom is 0.338 e. The Morgan fingerprint density at radius 3 is 2.60 bits per heavy atom. The third-order valence-corrected chi connectivity index (χ3v) is 5.80. The molecule has 30 heavy (non-hydrogen) atoms. The van der Waals surface area contributed by atoms with Crippen molar-refractivity contribution in [1.82, 2.24) is 4.57 Å².